The molecule has 0 aromatic heterocycles. The summed E-state index contributed by atoms with van der Waals surface area (Å²) in [5, 5.41) is 3.07. The van der Waals surface area contributed by atoms with Gasteiger partial charge in [0, 0.05) is 11.1 Å². The highest BCUT2D eigenvalue weighted by Crippen LogP contribution is 2.15. The van der Waals surface area contributed by atoms with Crippen molar-refractivity contribution in [2.75, 3.05) is 20.2 Å². The molecule has 0 saturated heterocycles. The monoisotopic (exact) mass is 269 g/mol. The zero-order chi connectivity index (χ0) is 14.2. The molecule has 104 valence electrons. The van der Waals surface area contributed by atoms with Crippen LogP contribution in [0.25, 0.3) is 0 Å². The van der Waals surface area contributed by atoms with Crippen LogP contribution in [0.15, 0.2) is 54.6 Å². The summed E-state index contributed by atoms with van der Waals surface area (Å²) >= 11 is 0. The standard InChI is InChI=1S/C17H19NO2/c1-18-12-5-13-20-16-10-8-15(9-11-16)17(19)14-6-3-2-4-7-14/h2-4,6-11,18H,5,12-13H2,1H3. The minimum Gasteiger partial charge on any atom is -0.494 e. The van der Waals surface area contributed by atoms with Gasteiger partial charge in [-0.2, -0.15) is 0 Å². The first kappa shape index (κ1) is 14.3. The van der Waals surface area contributed by atoms with Crippen molar-refractivity contribution >= 4 is 5.78 Å². The molecule has 20 heavy (non-hydrogen) atoms. The Morgan fingerprint density at radius 1 is 1.00 bits per heavy atom. The van der Waals surface area contributed by atoms with Crippen LogP contribution in [0.2, 0.25) is 0 Å². The molecule has 0 saturated carbocycles. The van der Waals surface area contributed by atoms with Gasteiger partial charge in [0.05, 0.1) is 6.61 Å². The minimum absolute atomic E-state index is 0.0346. The van der Waals surface area contributed by atoms with Gasteiger partial charge in [-0.15, -0.1) is 0 Å². The first-order chi connectivity index (χ1) is 9.81. The van der Waals surface area contributed by atoms with Crippen molar-refractivity contribution in [2.45, 2.75) is 6.42 Å². The summed E-state index contributed by atoms with van der Waals surface area (Å²) in [7, 11) is 1.92. The second-order valence-corrected chi connectivity index (χ2v) is 4.53. The molecule has 0 heterocycles. The molecule has 0 aliphatic rings. The lowest BCUT2D eigenvalue weighted by Gasteiger charge is -2.07. The van der Waals surface area contributed by atoms with Gasteiger partial charge in [-0.1, -0.05) is 30.3 Å². The van der Waals surface area contributed by atoms with Crippen molar-refractivity contribution in [1.82, 2.24) is 5.32 Å². The number of carbonyl (C=O) groups excluding carboxylic acids is 1. The van der Waals surface area contributed by atoms with E-state index >= 15 is 0 Å². The molecule has 0 aliphatic heterocycles. The predicted molar refractivity (Wildman–Crippen MR) is 80.4 cm³/mol. The molecule has 0 spiro atoms. The second kappa shape index (κ2) is 7.46. The normalized spacial score (nSPS) is 10.2. The molecule has 2 aromatic carbocycles. The Morgan fingerprint density at radius 3 is 2.30 bits per heavy atom. The van der Waals surface area contributed by atoms with Gasteiger partial charge in [-0.05, 0) is 44.3 Å². The largest absolute Gasteiger partial charge is 0.494 e. The van der Waals surface area contributed by atoms with E-state index in [-0.39, 0.29) is 5.78 Å². The smallest absolute Gasteiger partial charge is 0.193 e. The summed E-state index contributed by atoms with van der Waals surface area (Å²) in [5.74, 6) is 0.832. The molecule has 0 fully saturated rings. The Bertz CT molecular complexity index is 535. The number of hydrogen-bond acceptors (Lipinski definition) is 3. The fourth-order valence-electron chi connectivity index (χ4n) is 1.90. The minimum atomic E-state index is 0.0346. The van der Waals surface area contributed by atoms with Crippen LogP contribution in [-0.2, 0) is 0 Å². The van der Waals surface area contributed by atoms with Gasteiger partial charge in [0.1, 0.15) is 5.75 Å². The van der Waals surface area contributed by atoms with E-state index in [1.165, 1.54) is 0 Å². The molecule has 2 aromatic rings. The topological polar surface area (TPSA) is 38.3 Å². The first-order valence-corrected chi connectivity index (χ1v) is 6.78. The third kappa shape index (κ3) is 3.93. The highest BCUT2D eigenvalue weighted by molar-refractivity contribution is 6.08. The van der Waals surface area contributed by atoms with Crippen molar-refractivity contribution in [1.29, 1.82) is 0 Å². The summed E-state index contributed by atoms with van der Waals surface area (Å²) in [6.45, 7) is 1.61. The maximum absolute atomic E-state index is 12.2. The van der Waals surface area contributed by atoms with Crippen molar-refractivity contribution in [3.63, 3.8) is 0 Å². The molecule has 0 aliphatic carbocycles. The highest BCUT2D eigenvalue weighted by atomic mass is 16.5. The quantitative estimate of drug-likeness (QED) is 0.620. The number of ether oxygens (including phenoxy) is 1. The maximum Gasteiger partial charge on any atom is 0.193 e. The molecule has 1 N–H and O–H groups in total. The van der Waals surface area contributed by atoms with E-state index in [9.17, 15) is 4.79 Å². The van der Waals surface area contributed by atoms with E-state index in [1.807, 2.05) is 61.6 Å². The summed E-state index contributed by atoms with van der Waals surface area (Å²) in [5.41, 5.74) is 1.38. The van der Waals surface area contributed by atoms with E-state index in [0.717, 1.165) is 18.7 Å². The van der Waals surface area contributed by atoms with Gasteiger partial charge >= 0.3 is 0 Å². The fourth-order valence-corrected chi connectivity index (χ4v) is 1.90. The number of hydrogen-bond donors (Lipinski definition) is 1. The van der Waals surface area contributed by atoms with Crippen LogP contribution in [0, 0.1) is 0 Å². The van der Waals surface area contributed by atoms with Crippen molar-refractivity contribution < 1.29 is 9.53 Å². The van der Waals surface area contributed by atoms with Crippen molar-refractivity contribution in [3.05, 3.63) is 65.7 Å². The van der Waals surface area contributed by atoms with Crippen LogP contribution in [-0.4, -0.2) is 26.0 Å². The van der Waals surface area contributed by atoms with E-state index in [1.54, 1.807) is 0 Å². The maximum atomic E-state index is 12.2. The van der Waals surface area contributed by atoms with Crippen LogP contribution in [0.5, 0.6) is 5.75 Å². The molecule has 0 atom stereocenters. The lowest BCUT2D eigenvalue weighted by atomic mass is 10.0. The predicted octanol–water partition coefficient (Wildman–Crippen LogP) is 2.91. The Hall–Kier alpha value is -2.13. The zero-order valence-electron chi connectivity index (χ0n) is 11.6. The van der Waals surface area contributed by atoms with Gasteiger partial charge in [-0.3, -0.25) is 4.79 Å². The van der Waals surface area contributed by atoms with E-state index in [2.05, 4.69) is 5.32 Å². The van der Waals surface area contributed by atoms with Crippen LogP contribution in [0.1, 0.15) is 22.3 Å². The van der Waals surface area contributed by atoms with Gasteiger partial charge in [0.15, 0.2) is 5.78 Å². The Labute approximate surface area is 119 Å². The summed E-state index contributed by atoms with van der Waals surface area (Å²) < 4.78 is 5.60. The SMILES string of the molecule is CNCCCOc1ccc(C(=O)c2ccccc2)cc1. The van der Waals surface area contributed by atoms with Gasteiger partial charge in [0.2, 0.25) is 0 Å². The average Bonchev–Trinajstić information content (AvgIpc) is 2.52. The van der Waals surface area contributed by atoms with Crippen molar-refractivity contribution in [2.24, 2.45) is 0 Å². The lowest BCUT2D eigenvalue weighted by molar-refractivity contribution is 0.103. The summed E-state index contributed by atoms with van der Waals surface area (Å²) in [4.78, 5) is 12.2. The molecule has 0 unspecified atom stereocenters. The van der Waals surface area contributed by atoms with Crippen LogP contribution in [0.3, 0.4) is 0 Å². The third-order valence-electron chi connectivity index (χ3n) is 2.99. The van der Waals surface area contributed by atoms with Crippen LogP contribution >= 0.6 is 0 Å². The van der Waals surface area contributed by atoms with Gasteiger partial charge < -0.3 is 10.1 Å². The van der Waals surface area contributed by atoms with E-state index < -0.39 is 0 Å². The summed E-state index contributed by atoms with van der Waals surface area (Å²) in [6.07, 6.45) is 0.960. The van der Waals surface area contributed by atoms with Crippen molar-refractivity contribution in [3.8, 4) is 5.75 Å². The first-order valence-electron chi connectivity index (χ1n) is 6.78. The van der Waals surface area contributed by atoms with Gasteiger partial charge in [0.25, 0.3) is 0 Å². The Morgan fingerprint density at radius 2 is 1.65 bits per heavy atom. The average molecular weight is 269 g/mol. The third-order valence-corrected chi connectivity index (χ3v) is 2.99. The highest BCUT2D eigenvalue weighted by Gasteiger charge is 2.08. The molecule has 2 rings (SSSR count). The molecular weight excluding hydrogens is 250 g/mol. The number of carbonyl (C=O) groups is 1. The summed E-state index contributed by atoms with van der Waals surface area (Å²) in [6, 6.07) is 16.6. The lowest BCUT2D eigenvalue weighted by Crippen LogP contribution is -2.11. The van der Waals surface area contributed by atoms with Gasteiger partial charge in [-0.25, -0.2) is 0 Å². The molecular formula is C17H19NO2. The second-order valence-electron chi connectivity index (χ2n) is 4.53. The molecule has 3 nitrogen and oxygen atoms in total. The number of benzene rings is 2. The molecule has 0 radical (unpaired) electrons. The van der Waals surface area contributed by atoms with E-state index in [4.69, 9.17) is 4.74 Å². The molecule has 3 heteroatoms. The number of nitrogens with one attached hydrogen (secondary N) is 1. The zero-order valence-corrected chi connectivity index (χ0v) is 11.6. The fraction of sp³-hybridized carbons (Fsp3) is 0.235. The number of ketones is 1. The van der Waals surface area contributed by atoms with E-state index in [0.29, 0.717) is 17.7 Å². The molecule has 0 amide bonds. The number of rotatable bonds is 7. The molecule has 0 bridgehead atoms. The Kier molecular flexibility index (Phi) is 5.33. The van der Waals surface area contributed by atoms with Crippen LogP contribution in [0.4, 0.5) is 0 Å². The Balaban J connectivity index is 1.96. The van der Waals surface area contributed by atoms with Crippen LogP contribution < -0.4 is 10.1 Å².